The zero-order chi connectivity index (χ0) is 12.7. The SMILES string of the molecule is CCN(CCO)COc1cccc(C(N)=O)c1. The van der Waals surface area contributed by atoms with E-state index >= 15 is 0 Å². The summed E-state index contributed by atoms with van der Waals surface area (Å²) in [4.78, 5) is 12.9. The largest absolute Gasteiger partial charge is 0.478 e. The molecule has 1 rings (SSSR count). The molecule has 0 saturated heterocycles. The first-order valence-electron chi connectivity index (χ1n) is 5.53. The molecule has 0 aliphatic heterocycles. The van der Waals surface area contributed by atoms with Gasteiger partial charge in [0.1, 0.15) is 12.5 Å². The van der Waals surface area contributed by atoms with Crippen LogP contribution < -0.4 is 10.5 Å². The smallest absolute Gasteiger partial charge is 0.248 e. The lowest BCUT2D eigenvalue weighted by atomic mass is 10.2. The molecule has 5 heteroatoms. The number of aliphatic hydroxyl groups excluding tert-OH is 1. The van der Waals surface area contributed by atoms with E-state index in [2.05, 4.69) is 0 Å². The molecule has 0 aliphatic rings. The molecular formula is C12H18N2O3. The van der Waals surface area contributed by atoms with Gasteiger partial charge in [-0.2, -0.15) is 0 Å². The molecule has 0 fully saturated rings. The molecule has 17 heavy (non-hydrogen) atoms. The Labute approximate surface area is 101 Å². The van der Waals surface area contributed by atoms with E-state index in [1.165, 1.54) is 0 Å². The van der Waals surface area contributed by atoms with Gasteiger partial charge in [0, 0.05) is 12.1 Å². The zero-order valence-electron chi connectivity index (χ0n) is 9.93. The first kappa shape index (κ1) is 13.5. The molecule has 0 radical (unpaired) electrons. The number of carbonyl (C=O) groups is 1. The highest BCUT2D eigenvalue weighted by Gasteiger charge is 2.04. The number of carbonyl (C=O) groups excluding carboxylic acids is 1. The maximum atomic E-state index is 11.0. The van der Waals surface area contributed by atoms with E-state index in [-0.39, 0.29) is 6.61 Å². The van der Waals surface area contributed by atoms with Crippen LogP contribution in [0.25, 0.3) is 0 Å². The Morgan fingerprint density at radius 2 is 2.29 bits per heavy atom. The summed E-state index contributed by atoms with van der Waals surface area (Å²) < 4.78 is 5.51. The minimum Gasteiger partial charge on any atom is -0.478 e. The highest BCUT2D eigenvalue weighted by Crippen LogP contribution is 2.13. The van der Waals surface area contributed by atoms with E-state index in [0.29, 0.717) is 24.6 Å². The molecule has 5 nitrogen and oxygen atoms in total. The van der Waals surface area contributed by atoms with Crippen LogP contribution in [0.2, 0.25) is 0 Å². The molecule has 1 aromatic carbocycles. The van der Waals surface area contributed by atoms with Crippen molar-refractivity contribution in [1.82, 2.24) is 4.90 Å². The van der Waals surface area contributed by atoms with Crippen LogP contribution in [0.1, 0.15) is 17.3 Å². The highest BCUT2D eigenvalue weighted by molar-refractivity contribution is 5.93. The monoisotopic (exact) mass is 238 g/mol. The van der Waals surface area contributed by atoms with Crippen molar-refractivity contribution in [1.29, 1.82) is 0 Å². The van der Waals surface area contributed by atoms with Gasteiger partial charge in [0.15, 0.2) is 0 Å². The number of hydrogen-bond acceptors (Lipinski definition) is 4. The van der Waals surface area contributed by atoms with Crippen LogP contribution in [0.4, 0.5) is 0 Å². The third-order valence-electron chi connectivity index (χ3n) is 2.40. The van der Waals surface area contributed by atoms with E-state index in [0.717, 1.165) is 6.54 Å². The van der Waals surface area contributed by atoms with E-state index in [4.69, 9.17) is 15.6 Å². The minimum atomic E-state index is -0.474. The van der Waals surface area contributed by atoms with Crippen LogP contribution in [0.5, 0.6) is 5.75 Å². The van der Waals surface area contributed by atoms with Crippen molar-refractivity contribution < 1.29 is 14.6 Å². The Bertz CT molecular complexity index is 369. The Hall–Kier alpha value is -1.59. The molecule has 0 saturated carbocycles. The van der Waals surface area contributed by atoms with Gasteiger partial charge in [-0.15, -0.1) is 0 Å². The van der Waals surface area contributed by atoms with Crippen molar-refractivity contribution in [3.8, 4) is 5.75 Å². The second-order valence-corrected chi connectivity index (χ2v) is 3.60. The Kier molecular flexibility index (Phi) is 5.45. The number of likely N-dealkylation sites (N-methyl/N-ethyl adjacent to an activating group) is 1. The number of nitrogens with zero attached hydrogens (tertiary/aromatic N) is 1. The van der Waals surface area contributed by atoms with E-state index in [1.807, 2.05) is 11.8 Å². The Morgan fingerprint density at radius 3 is 2.88 bits per heavy atom. The lowest BCUT2D eigenvalue weighted by molar-refractivity contribution is 0.0996. The highest BCUT2D eigenvalue weighted by atomic mass is 16.5. The van der Waals surface area contributed by atoms with Crippen molar-refractivity contribution in [2.75, 3.05) is 26.4 Å². The lowest BCUT2D eigenvalue weighted by Gasteiger charge is -2.19. The molecule has 0 heterocycles. The number of rotatable bonds is 7. The predicted molar refractivity (Wildman–Crippen MR) is 64.8 cm³/mol. The standard InChI is InChI=1S/C12H18N2O3/c1-2-14(6-7-15)9-17-11-5-3-4-10(8-11)12(13)16/h3-5,8,15H,2,6-7,9H2,1H3,(H2,13,16). The van der Waals surface area contributed by atoms with Crippen LogP contribution in [0.15, 0.2) is 24.3 Å². The number of aliphatic hydroxyl groups is 1. The van der Waals surface area contributed by atoms with E-state index in [9.17, 15) is 4.79 Å². The molecule has 3 N–H and O–H groups in total. The minimum absolute atomic E-state index is 0.0958. The number of primary amides is 1. The van der Waals surface area contributed by atoms with Gasteiger partial charge in [-0.25, -0.2) is 0 Å². The summed E-state index contributed by atoms with van der Waals surface area (Å²) in [5, 5.41) is 8.82. The fourth-order valence-corrected chi connectivity index (χ4v) is 1.36. The average molecular weight is 238 g/mol. The Balaban J connectivity index is 2.56. The lowest BCUT2D eigenvalue weighted by Crippen LogP contribution is -2.30. The van der Waals surface area contributed by atoms with Gasteiger partial charge in [0.25, 0.3) is 0 Å². The fraction of sp³-hybridized carbons (Fsp3) is 0.417. The van der Waals surface area contributed by atoms with Crippen molar-refractivity contribution in [2.45, 2.75) is 6.92 Å². The first-order valence-corrected chi connectivity index (χ1v) is 5.53. The molecule has 0 bridgehead atoms. The molecule has 0 aromatic heterocycles. The van der Waals surface area contributed by atoms with Gasteiger partial charge >= 0.3 is 0 Å². The summed E-state index contributed by atoms with van der Waals surface area (Å²) >= 11 is 0. The van der Waals surface area contributed by atoms with Gasteiger partial charge in [-0.05, 0) is 24.7 Å². The number of amides is 1. The van der Waals surface area contributed by atoms with Crippen molar-refractivity contribution in [3.63, 3.8) is 0 Å². The second-order valence-electron chi connectivity index (χ2n) is 3.60. The molecule has 0 spiro atoms. The quantitative estimate of drug-likeness (QED) is 0.676. The molecule has 1 amide bonds. The number of nitrogens with two attached hydrogens (primary N) is 1. The average Bonchev–Trinajstić information content (AvgIpc) is 2.34. The molecular weight excluding hydrogens is 220 g/mol. The van der Waals surface area contributed by atoms with Crippen LogP contribution in [0, 0.1) is 0 Å². The third kappa shape index (κ3) is 4.42. The van der Waals surface area contributed by atoms with Gasteiger partial charge in [0.2, 0.25) is 5.91 Å². The summed E-state index contributed by atoms with van der Waals surface area (Å²) in [5.74, 6) is 0.121. The topological polar surface area (TPSA) is 75.8 Å². The zero-order valence-corrected chi connectivity index (χ0v) is 9.93. The first-order chi connectivity index (χ1) is 8.17. The molecule has 1 aromatic rings. The third-order valence-corrected chi connectivity index (χ3v) is 2.40. The predicted octanol–water partition coefficient (Wildman–Crippen LogP) is 0.436. The van der Waals surface area contributed by atoms with Crippen molar-refractivity contribution in [2.24, 2.45) is 5.73 Å². The summed E-state index contributed by atoms with van der Waals surface area (Å²) in [6.45, 7) is 3.80. The maximum absolute atomic E-state index is 11.0. The normalized spacial score (nSPS) is 10.5. The van der Waals surface area contributed by atoms with Crippen LogP contribution in [-0.4, -0.2) is 42.3 Å². The van der Waals surface area contributed by atoms with Crippen LogP contribution in [0.3, 0.4) is 0 Å². The maximum Gasteiger partial charge on any atom is 0.248 e. The summed E-state index contributed by atoms with van der Waals surface area (Å²) in [5.41, 5.74) is 5.60. The van der Waals surface area contributed by atoms with Crippen molar-refractivity contribution in [3.05, 3.63) is 29.8 Å². The van der Waals surface area contributed by atoms with Gasteiger partial charge in [-0.3, -0.25) is 9.69 Å². The molecule has 0 atom stereocenters. The van der Waals surface area contributed by atoms with Crippen LogP contribution >= 0.6 is 0 Å². The summed E-state index contributed by atoms with van der Waals surface area (Å²) in [7, 11) is 0. The Morgan fingerprint density at radius 1 is 1.53 bits per heavy atom. The molecule has 0 unspecified atom stereocenters. The number of benzene rings is 1. The molecule has 0 aliphatic carbocycles. The van der Waals surface area contributed by atoms with E-state index < -0.39 is 5.91 Å². The second kappa shape index (κ2) is 6.88. The van der Waals surface area contributed by atoms with Gasteiger partial charge < -0.3 is 15.6 Å². The number of ether oxygens (including phenoxy) is 1. The van der Waals surface area contributed by atoms with Gasteiger partial charge in [-0.1, -0.05) is 13.0 Å². The molecule has 94 valence electrons. The van der Waals surface area contributed by atoms with E-state index in [1.54, 1.807) is 24.3 Å². The number of hydrogen-bond donors (Lipinski definition) is 2. The van der Waals surface area contributed by atoms with Crippen LogP contribution in [-0.2, 0) is 0 Å². The van der Waals surface area contributed by atoms with Crippen molar-refractivity contribution >= 4 is 5.91 Å². The van der Waals surface area contributed by atoms with Gasteiger partial charge in [0.05, 0.1) is 6.61 Å². The fourth-order valence-electron chi connectivity index (χ4n) is 1.36. The summed E-state index contributed by atoms with van der Waals surface area (Å²) in [6.07, 6.45) is 0. The summed E-state index contributed by atoms with van der Waals surface area (Å²) in [6, 6.07) is 6.73.